The van der Waals surface area contributed by atoms with Gasteiger partial charge in [-0.05, 0) is 43.7 Å². The van der Waals surface area contributed by atoms with Crippen LogP contribution in [-0.2, 0) is 0 Å². The molecule has 0 radical (unpaired) electrons. The minimum absolute atomic E-state index is 0.144. The Morgan fingerprint density at radius 1 is 1.07 bits per heavy atom. The molecule has 2 rings (SSSR count). The van der Waals surface area contributed by atoms with Crippen molar-refractivity contribution in [2.75, 3.05) is 33.9 Å². The summed E-state index contributed by atoms with van der Waals surface area (Å²) < 4.78 is 29.5. The topological polar surface area (TPSA) is 84.3 Å². The van der Waals surface area contributed by atoms with Gasteiger partial charge in [-0.25, -0.2) is 4.39 Å². The molecular formula is C22H30FN3O4. The number of halogens is 1. The first kappa shape index (κ1) is 23.3. The number of benzene rings is 2. The molecule has 0 aliphatic rings. The number of aliphatic hydroxyl groups is 1. The van der Waals surface area contributed by atoms with E-state index in [0.717, 1.165) is 0 Å². The number of rotatable bonds is 10. The third kappa shape index (κ3) is 7.44. The fraction of sp³-hybridized carbons (Fsp3) is 0.409. The van der Waals surface area contributed by atoms with Crippen LogP contribution in [0, 0.1) is 5.82 Å². The van der Waals surface area contributed by atoms with Crippen LogP contribution in [0.3, 0.4) is 0 Å². The molecular weight excluding hydrogens is 389 g/mol. The molecule has 7 nitrogen and oxygen atoms in total. The van der Waals surface area contributed by atoms with Crippen LogP contribution in [0.5, 0.6) is 17.2 Å². The van der Waals surface area contributed by atoms with Crippen LogP contribution >= 0.6 is 0 Å². The predicted octanol–water partition coefficient (Wildman–Crippen LogP) is 2.90. The average Bonchev–Trinajstić information content (AvgIpc) is 2.75. The lowest BCUT2D eigenvalue weighted by atomic mass is 10.1. The number of hydrogen-bond donors (Lipinski definition) is 3. The molecule has 164 valence electrons. The van der Waals surface area contributed by atoms with Gasteiger partial charge in [0.1, 0.15) is 29.2 Å². The Labute approximate surface area is 176 Å². The van der Waals surface area contributed by atoms with Crippen LogP contribution in [0.1, 0.15) is 25.5 Å². The van der Waals surface area contributed by atoms with Crippen molar-refractivity contribution in [2.24, 2.45) is 4.99 Å². The van der Waals surface area contributed by atoms with Gasteiger partial charge in [0.05, 0.1) is 33.4 Å². The molecule has 3 N–H and O–H groups in total. The highest BCUT2D eigenvalue weighted by Gasteiger charge is 2.12. The van der Waals surface area contributed by atoms with Crippen LogP contribution in [0.15, 0.2) is 47.5 Å². The number of ether oxygens (including phenoxy) is 3. The number of nitrogens with one attached hydrogen (secondary N) is 2. The molecule has 0 fully saturated rings. The van der Waals surface area contributed by atoms with Gasteiger partial charge in [-0.3, -0.25) is 4.99 Å². The van der Waals surface area contributed by atoms with Crippen molar-refractivity contribution in [3.63, 3.8) is 0 Å². The zero-order valence-corrected chi connectivity index (χ0v) is 17.8. The average molecular weight is 419 g/mol. The van der Waals surface area contributed by atoms with E-state index in [9.17, 15) is 9.50 Å². The summed E-state index contributed by atoms with van der Waals surface area (Å²) in [5.74, 6) is 1.86. The summed E-state index contributed by atoms with van der Waals surface area (Å²) in [6.07, 6.45) is -1.05. The molecule has 0 amide bonds. The Morgan fingerprint density at radius 2 is 1.77 bits per heavy atom. The SMILES string of the molecule is CCNC(=NCC(O)c1cc(OC)cc(OC)c1)NCC(C)Oc1cccc(F)c1. The summed E-state index contributed by atoms with van der Waals surface area (Å²) in [7, 11) is 3.12. The molecule has 0 saturated carbocycles. The van der Waals surface area contributed by atoms with Gasteiger partial charge < -0.3 is 30.0 Å². The number of nitrogens with zero attached hydrogens (tertiary/aromatic N) is 1. The summed E-state index contributed by atoms with van der Waals surface area (Å²) in [5.41, 5.74) is 0.647. The van der Waals surface area contributed by atoms with Gasteiger partial charge in [0.15, 0.2) is 5.96 Å². The fourth-order valence-electron chi connectivity index (χ4n) is 2.70. The third-order valence-corrected chi connectivity index (χ3v) is 4.22. The Bertz CT molecular complexity index is 810. The van der Waals surface area contributed by atoms with Crippen LogP contribution in [-0.4, -0.2) is 51.0 Å². The Hall–Kier alpha value is -3.00. The Balaban J connectivity index is 1.96. The van der Waals surface area contributed by atoms with Crippen LogP contribution in [0.2, 0.25) is 0 Å². The maximum Gasteiger partial charge on any atom is 0.191 e. The molecule has 2 unspecified atom stereocenters. The molecule has 0 bridgehead atoms. The summed E-state index contributed by atoms with van der Waals surface area (Å²) in [6, 6.07) is 11.3. The van der Waals surface area contributed by atoms with E-state index in [-0.39, 0.29) is 18.5 Å². The monoisotopic (exact) mass is 419 g/mol. The molecule has 0 aliphatic carbocycles. The normalized spacial score (nSPS) is 13.3. The van der Waals surface area contributed by atoms with Gasteiger partial charge in [-0.15, -0.1) is 0 Å². The molecule has 0 aromatic heterocycles. The van der Waals surface area contributed by atoms with Gasteiger partial charge in [0, 0.05) is 18.7 Å². The number of guanidine groups is 1. The van der Waals surface area contributed by atoms with Crippen molar-refractivity contribution in [2.45, 2.75) is 26.1 Å². The minimum Gasteiger partial charge on any atom is -0.497 e. The summed E-state index contributed by atoms with van der Waals surface area (Å²) >= 11 is 0. The second kappa shape index (κ2) is 11.9. The first-order chi connectivity index (χ1) is 14.4. The highest BCUT2D eigenvalue weighted by atomic mass is 19.1. The van der Waals surface area contributed by atoms with E-state index in [4.69, 9.17) is 14.2 Å². The first-order valence-electron chi connectivity index (χ1n) is 9.80. The zero-order valence-electron chi connectivity index (χ0n) is 17.8. The Morgan fingerprint density at radius 3 is 2.37 bits per heavy atom. The van der Waals surface area contributed by atoms with Crippen molar-refractivity contribution in [3.05, 3.63) is 53.8 Å². The van der Waals surface area contributed by atoms with Crippen molar-refractivity contribution in [3.8, 4) is 17.2 Å². The van der Waals surface area contributed by atoms with Gasteiger partial charge in [0.25, 0.3) is 0 Å². The minimum atomic E-state index is -0.828. The quantitative estimate of drug-likeness (QED) is 0.406. The first-order valence-corrected chi connectivity index (χ1v) is 9.80. The van der Waals surface area contributed by atoms with Crippen molar-refractivity contribution >= 4 is 5.96 Å². The number of aliphatic imine (C=N–C) groups is 1. The van der Waals surface area contributed by atoms with Crippen LogP contribution in [0.25, 0.3) is 0 Å². The van der Waals surface area contributed by atoms with Crippen molar-refractivity contribution in [1.82, 2.24) is 10.6 Å². The lowest BCUT2D eigenvalue weighted by Gasteiger charge is -2.18. The molecule has 30 heavy (non-hydrogen) atoms. The van der Waals surface area contributed by atoms with E-state index in [1.54, 1.807) is 44.6 Å². The van der Waals surface area contributed by atoms with Gasteiger partial charge in [-0.1, -0.05) is 6.07 Å². The van der Waals surface area contributed by atoms with E-state index in [2.05, 4.69) is 15.6 Å². The maximum absolute atomic E-state index is 13.3. The van der Waals surface area contributed by atoms with Gasteiger partial charge in [0.2, 0.25) is 0 Å². The third-order valence-electron chi connectivity index (χ3n) is 4.22. The molecule has 2 aromatic rings. The molecule has 2 aromatic carbocycles. The molecule has 0 spiro atoms. The van der Waals surface area contributed by atoms with E-state index < -0.39 is 6.10 Å². The predicted molar refractivity (Wildman–Crippen MR) is 115 cm³/mol. The van der Waals surface area contributed by atoms with E-state index in [0.29, 0.717) is 41.9 Å². The molecule has 8 heteroatoms. The van der Waals surface area contributed by atoms with Crippen molar-refractivity contribution < 1.29 is 23.7 Å². The van der Waals surface area contributed by atoms with E-state index >= 15 is 0 Å². The molecule has 0 saturated heterocycles. The maximum atomic E-state index is 13.3. The van der Waals surface area contributed by atoms with Gasteiger partial charge >= 0.3 is 0 Å². The second-order valence-electron chi connectivity index (χ2n) is 6.65. The summed E-state index contributed by atoms with van der Waals surface area (Å²) in [5, 5.41) is 16.8. The zero-order chi connectivity index (χ0) is 21.9. The van der Waals surface area contributed by atoms with Crippen molar-refractivity contribution in [1.29, 1.82) is 0 Å². The summed E-state index contributed by atoms with van der Waals surface area (Å²) in [4.78, 5) is 4.44. The highest BCUT2D eigenvalue weighted by molar-refractivity contribution is 5.79. The molecule has 0 aliphatic heterocycles. The van der Waals surface area contributed by atoms with E-state index in [1.165, 1.54) is 12.1 Å². The Kier molecular flexibility index (Phi) is 9.21. The lowest BCUT2D eigenvalue weighted by molar-refractivity contribution is 0.186. The number of aliphatic hydroxyl groups excluding tert-OH is 1. The summed E-state index contributed by atoms with van der Waals surface area (Å²) in [6.45, 7) is 5.08. The smallest absolute Gasteiger partial charge is 0.191 e. The highest BCUT2D eigenvalue weighted by Crippen LogP contribution is 2.26. The standard InChI is InChI=1S/C22H30FN3O4/c1-5-24-22(25-13-15(2)30-18-8-6-7-17(23)11-18)26-14-21(27)16-9-19(28-3)12-20(10-16)29-4/h6-12,15,21,27H,5,13-14H2,1-4H3,(H2,24,25,26). The molecule has 0 heterocycles. The van der Waals surface area contributed by atoms with Gasteiger partial charge in [-0.2, -0.15) is 0 Å². The lowest BCUT2D eigenvalue weighted by Crippen LogP contribution is -2.42. The second-order valence-corrected chi connectivity index (χ2v) is 6.65. The van der Waals surface area contributed by atoms with Crippen LogP contribution < -0.4 is 24.8 Å². The number of hydrogen-bond acceptors (Lipinski definition) is 5. The number of methoxy groups -OCH3 is 2. The fourth-order valence-corrected chi connectivity index (χ4v) is 2.70. The molecule has 2 atom stereocenters. The van der Waals surface area contributed by atoms with Crippen LogP contribution in [0.4, 0.5) is 4.39 Å². The van der Waals surface area contributed by atoms with E-state index in [1.807, 2.05) is 13.8 Å². The largest absolute Gasteiger partial charge is 0.497 e.